The zero-order chi connectivity index (χ0) is 17.8. The molecule has 0 saturated carbocycles. The Morgan fingerprint density at radius 3 is 2.68 bits per heavy atom. The number of esters is 1. The van der Waals surface area contributed by atoms with Crippen LogP contribution in [-0.4, -0.2) is 20.4 Å². The van der Waals surface area contributed by atoms with E-state index in [4.69, 9.17) is 4.74 Å². The SMILES string of the molecule is O=C(Cn1cnc2ccccc2c1=O)OCc1ccccc1[N+](=O)[O-]. The molecule has 0 N–H and O–H groups in total. The summed E-state index contributed by atoms with van der Waals surface area (Å²) in [6.45, 7) is -0.566. The zero-order valence-electron chi connectivity index (χ0n) is 13.0. The largest absolute Gasteiger partial charge is 0.459 e. The number of benzene rings is 2. The maximum Gasteiger partial charge on any atom is 0.326 e. The first kappa shape index (κ1) is 16.3. The van der Waals surface area contributed by atoms with E-state index in [0.717, 1.165) is 4.57 Å². The average molecular weight is 339 g/mol. The standard InChI is InChI=1S/C17H13N3O5/c21-16(25-10-12-5-1-4-8-15(12)20(23)24)9-19-11-18-14-7-3-2-6-13(14)17(19)22/h1-8,11H,9-10H2. The van der Waals surface area contributed by atoms with Gasteiger partial charge in [0.1, 0.15) is 13.2 Å². The Morgan fingerprint density at radius 1 is 1.16 bits per heavy atom. The number of rotatable bonds is 5. The molecule has 0 aliphatic heterocycles. The normalized spacial score (nSPS) is 10.6. The average Bonchev–Trinajstić information content (AvgIpc) is 2.63. The number of para-hydroxylation sites is 2. The van der Waals surface area contributed by atoms with Gasteiger partial charge in [0, 0.05) is 6.07 Å². The third-order valence-corrected chi connectivity index (χ3v) is 3.61. The van der Waals surface area contributed by atoms with Crippen LogP contribution in [0.5, 0.6) is 0 Å². The summed E-state index contributed by atoms with van der Waals surface area (Å²) in [5.41, 5.74) is 0.343. The molecule has 0 amide bonds. The maximum absolute atomic E-state index is 12.3. The van der Waals surface area contributed by atoms with Crippen LogP contribution in [0.4, 0.5) is 5.69 Å². The molecule has 0 aliphatic carbocycles. The molecule has 0 aliphatic rings. The van der Waals surface area contributed by atoms with Gasteiger partial charge in [0.15, 0.2) is 0 Å². The highest BCUT2D eigenvalue weighted by Gasteiger charge is 2.15. The van der Waals surface area contributed by atoms with E-state index < -0.39 is 10.9 Å². The summed E-state index contributed by atoms with van der Waals surface area (Å²) in [6, 6.07) is 12.8. The first-order chi connectivity index (χ1) is 12.1. The van der Waals surface area contributed by atoms with Crippen molar-refractivity contribution in [2.24, 2.45) is 0 Å². The van der Waals surface area contributed by atoms with Gasteiger partial charge in [0.05, 0.1) is 27.7 Å². The van der Waals surface area contributed by atoms with Crippen molar-refractivity contribution in [2.75, 3.05) is 0 Å². The topological polar surface area (TPSA) is 104 Å². The van der Waals surface area contributed by atoms with Crippen LogP contribution < -0.4 is 5.56 Å². The minimum atomic E-state index is -0.683. The third-order valence-electron chi connectivity index (χ3n) is 3.61. The van der Waals surface area contributed by atoms with Crippen LogP contribution in [0.2, 0.25) is 0 Å². The molecule has 0 unspecified atom stereocenters. The summed E-state index contributed by atoms with van der Waals surface area (Å²) in [7, 11) is 0. The number of hydrogen-bond acceptors (Lipinski definition) is 6. The van der Waals surface area contributed by atoms with Crippen LogP contribution in [0.15, 0.2) is 59.7 Å². The maximum atomic E-state index is 12.3. The quantitative estimate of drug-likeness (QED) is 0.400. The summed E-state index contributed by atoms with van der Waals surface area (Å²) < 4.78 is 6.20. The van der Waals surface area contributed by atoms with Crippen molar-refractivity contribution in [3.05, 3.63) is 80.9 Å². The number of fused-ring (bicyclic) bond motifs is 1. The number of ether oxygens (including phenoxy) is 1. The Morgan fingerprint density at radius 2 is 1.88 bits per heavy atom. The van der Waals surface area contributed by atoms with Crippen molar-refractivity contribution in [1.29, 1.82) is 0 Å². The molecule has 0 atom stereocenters. The van der Waals surface area contributed by atoms with Crippen molar-refractivity contribution in [3.8, 4) is 0 Å². The molecule has 0 fully saturated rings. The Bertz CT molecular complexity index is 1010. The second-order valence-electron chi connectivity index (χ2n) is 5.24. The smallest absolute Gasteiger partial charge is 0.326 e. The van der Waals surface area contributed by atoms with Gasteiger partial charge in [-0.05, 0) is 18.2 Å². The summed E-state index contributed by atoms with van der Waals surface area (Å²) in [5.74, 6) is -0.683. The number of nitro groups is 1. The van der Waals surface area contributed by atoms with Crippen LogP contribution in [0, 0.1) is 10.1 Å². The third kappa shape index (κ3) is 3.52. The molecule has 0 bridgehead atoms. The van der Waals surface area contributed by atoms with Crippen molar-refractivity contribution in [3.63, 3.8) is 0 Å². The molecule has 0 spiro atoms. The number of hydrogen-bond donors (Lipinski definition) is 0. The molecule has 3 rings (SSSR count). The minimum Gasteiger partial charge on any atom is -0.459 e. The van der Waals surface area contributed by atoms with Gasteiger partial charge in [-0.25, -0.2) is 4.98 Å². The van der Waals surface area contributed by atoms with Gasteiger partial charge in [-0.3, -0.25) is 24.3 Å². The lowest BCUT2D eigenvalue weighted by Gasteiger charge is -2.08. The molecule has 2 aromatic carbocycles. The summed E-state index contributed by atoms with van der Waals surface area (Å²) in [5, 5.41) is 11.3. The van der Waals surface area contributed by atoms with Crippen molar-refractivity contribution >= 4 is 22.6 Å². The molecular formula is C17H13N3O5. The molecule has 0 radical (unpaired) electrons. The highest BCUT2D eigenvalue weighted by molar-refractivity contribution is 5.77. The van der Waals surface area contributed by atoms with Crippen molar-refractivity contribution in [1.82, 2.24) is 9.55 Å². The minimum absolute atomic E-state index is 0.125. The summed E-state index contributed by atoms with van der Waals surface area (Å²) >= 11 is 0. The molecule has 1 heterocycles. The van der Waals surface area contributed by atoms with E-state index in [2.05, 4.69) is 4.98 Å². The van der Waals surface area contributed by atoms with Gasteiger partial charge in [0.25, 0.3) is 11.2 Å². The van der Waals surface area contributed by atoms with E-state index in [1.807, 2.05) is 0 Å². The first-order valence-corrected chi connectivity index (χ1v) is 7.38. The Hall–Kier alpha value is -3.55. The number of nitro benzene ring substituents is 1. The second-order valence-corrected chi connectivity index (χ2v) is 5.24. The molecular weight excluding hydrogens is 326 g/mol. The molecule has 3 aromatic rings. The van der Waals surface area contributed by atoms with E-state index in [0.29, 0.717) is 10.9 Å². The fourth-order valence-electron chi connectivity index (χ4n) is 2.37. The summed E-state index contributed by atoms with van der Waals surface area (Å²) in [4.78, 5) is 38.8. The van der Waals surface area contributed by atoms with Crippen LogP contribution >= 0.6 is 0 Å². The fraction of sp³-hybridized carbons (Fsp3) is 0.118. The van der Waals surface area contributed by atoms with Crippen molar-refractivity contribution in [2.45, 2.75) is 13.2 Å². The second kappa shape index (κ2) is 6.91. The van der Waals surface area contributed by atoms with E-state index >= 15 is 0 Å². The Balaban J connectivity index is 1.73. The monoisotopic (exact) mass is 339 g/mol. The van der Waals surface area contributed by atoms with Gasteiger partial charge in [0.2, 0.25) is 0 Å². The van der Waals surface area contributed by atoms with Gasteiger partial charge in [-0.1, -0.05) is 24.3 Å². The highest BCUT2D eigenvalue weighted by atomic mass is 16.6. The van der Waals surface area contributed by atoms with E-state index in [1.165, 1.54) is 24.5 Å². The lowest BCUT2D eigenvalue weighted by Crippen LogP contribution is -2.25. The van der Waals surface area contributed by atoms with Gasteiger partial charge >= 0.3 is 5.97 Å². The van der Waals surface area contributed by atoms with Crippen LogP contribution in [0.1, 0.15) is 5.56 Å². The predicted molar refractivity (Wildman–Crippen MR) is 88.9 cm³/mol. The highest BCUT2D eigenvalue weighted by Crippen LogP contribution is 2.18. The van der Waals surface area contributed by atoms with Crippen LogP contribution in [0.25, 0.3) is 10.9 Å². The molecule has 0 saturated heterocycles. The first-order valence-electron chi connectivity index (χ1n) is 7.38. The number of carbonyl (C=O) groups is 1. The number of carbonyl (C=O) groups excluding carboxylic acids is 1. The van der Waals surface area contributed by atoms with Gasteiger partial charge in [-0.2, -0.15) is 0 Å². The number of aromatic nitrogens is 2. The fourth-order valence-corrected chi connectivity index (χ4v) is 2.37. The zero-order valence-corrected chi connectivity index (χ0v) is 13.0. The predicted octanol–water partition coefficient (Wildman–Crippen LogP) is 2.05. The lowest BCUT2D eigenvalue weighted by molar-refractivity contribution is -0.385. The van der Waals surface area contributed by atoms with Crippen LogP contribution in [-0.2, 0) is 22.7 Å². The molecule has 126 valence electrons. The Labute approximate surface area is 141 Å². The Kier molecular flexibility index (Phi) is 4.51. The summed E-state index contributed by atoms with van der Waals surface area (Å²) in [6.07, 6.45) is 1.27. The van der Waals surface area contributed by atoms with Gasteiger partial charge in [-0.15, -0.1) is 0 Å². The molecule has 25 heavy (non-hydrogen) atoms. The van der Waals surface area contributed by atoms with E-state index in [1.54, 1.807) is 30.3 Å². The molecule has 8 nitrogen and oxygen atoms in total. The lowest BCUT2D eigenvalue weighted by atomic mass is 10.2. The van der Waals surface area contributed by atoms with E-state index in [-0.39, 0.29) is 30.0 Å². The van der Waals surface area contributed by atoms with Gasteiger partial charge < -0.3 is 4.74 Å². The van der Waals surface area contributed by atoms with Crippen LogP contribution in [0.3, 0.4) is 0 Å². The molecule has 8 heteroatoms. The molecule has 1 aromatic heterocycles. The number of nitrogens with zero attached hydrogens (tertiary/aromatic N) is 3. The van der Waals surface area contributed by atoms with Crippen molar-refractivity contribution < 1.29 is 14.5 Å². The van der Waals surface area contributed by atoms with E-state index in [9.17, 15) is 19.7 Å².